The van der Waals surface area contributed by atoms with Crippen LogP contribution in [-0.4, -0.2) is 50.2 Å². The van der Waals surface area contributed by atoms with Crippen LogP contribution in [0.1, 0.15) is 37.6 Å². The minimum atomic E-state index is -3.87. The summed E-state index contributed by atoms with van der Waals surface area (Å²) >= 11 is 0. The van der Waals surface area contributed by atoms with Crippen molar-refractivity contribution in [1.29, 1.82) is 0 Å². The first-order valence-corrected chi connectivity index (χ1v) is 12.3. The molecule has 1 heterocycles. The SMILES string of the molecule is CCOCCCn1c(NC(=O)c2ccc(OC)c(S(=O)(=O)NC(C)C)c2)nc2ccccc21. The lowest BCUT2D eigenvalue weighted by Crippen LogP contribution is -2.30. The Morgan fingerprint density at radius 3 is 2.64 bits per heavy atom. The van der Waals surface area contributed by atoms with Crippen molar-refractivity contribution >= 4 is 32.9 Å². The van der Waals surface area contributed by atoms with E-state index in [2.05, 4.69) is 15.0 Å². The van der Waals surface area contributed by atoms with E-state index in [4.69, 9.17) is 9.47 Å². The van der Waals surface area contributed by atoms with Crippen LogP contribution in [0, 0.1) is 0 Å². The van der Waals surface area contributed by atoms with Crippen molar-refractivity contribution in [3.8, 4) is 5.75 Å². The number of hydrogen-bond acceptors (Lipinski definition) is 6. The zero-order valence-electron chi connectivity index (χ0n) is 19.3. The summed E-state index contributed by atoms with van der Waals surface area (Å²) in [6, 6.07) is 11.6. The molecule has 9 nitrogen and oxygen atoms in total. The standard InChI is InChI=1S/C23H30N4O5S/c1-5-32-14-8-13-27-19-10-7-6-9-18(19)24-23(27)25-22(28)17-11-12-20(31-4)21(15-17)33(29,30)26-16(2)3/h6-7,9-12,15-16,26H,5,8,13-14H2,1-4H3,(H,24,25,28). The van der Waals surface area contributed by atoms with Gasteiger partial charge < -0.3 is 14.0 Å². The van der Waals surface area contributed by atoms with Crippen LogP contribution >= 0.6 is 0 Å². The van der Waals surface area contributed by atoms with Gasteiger partial charge in [-0.05, 0) is 57.5 Å². The third-order valence-corrected chi connectivity index (χ3v) is 6.54. The summed E-state index contributed by atoms with van der Waals surface area (Å²) in [6.45, 7) is 7.23. The molecule has 178 valence electrons. The normalized spacial score (nSPS) is 11.8. The van der Waals surface area contributed by atoms with Gasteiger partial charge >= 0.3 is 0 Å². The fraction of sp³-hybridized carbons (Fsp3) is 0.391. The summed E-state index contributed by atoms with van der Waals surface area (Å²) in [4.78, 5) is 17.5. The van der Waals surface area contributed by atoms with Crippen LogP contribution in [0.4, 0.5) is 5.95 Å². The highest BCUT2D eigenvalue weighted by molar-refractivity contribution is 7.89. The number of ether oxygens (including phenoxy) is 2. The first-order chi connectivity index (χ1) is 15.8. The Bertz CT molecular complexity index is 1220. The van der Waals surface area contributed by atoms with Crippen molar-refractivity contribution in [2.24, 2.45) is 0 Å². The van der Waals surface area contributed by atoms with Gasteiger partial charge in [0.2, 0.25) is 16.0 Å². The number of carbonyl (C=O) groups is 1. The molecule has 0 saturated heterocycles. The molecule has 2 aromatic carbocycles. The maximum absolute atomic E-state index is 13.1. The van der Waals surface area contributed by atoms with Crippen molar-refractivity contribution in [2.75, 3.05) is 25.6 Å². The second kappa shape index (κ2) is 10.8. The Balaban J connectivity index is 1.92. The van der Waals surface area contributed by atoms with Gasteiger partial charge in [0.1, 0.15) is 10.6 Å². The molecule has 0 aliphatic carbocycles. The zero-order valence-corrected chi connectivity index (χ0v) is 20.1. The molecule has 10 heteroatoms. The Morgan fingerprint density at radius 1 is 1.18 bits per heavy atom. The molecule has 0 atom stereocenters. The second-order valence-electron chi connectivity index (χ2n) is 7.72. The number of methoxy groups -OCH3 is 1. The molecular weight excluding hydrogens is 444 g/mol. The van der Waals surface area contributed by atoms with Crippen molar-refractivity contribution < 1.29 is 22.7 Å². The van der Waals surface area contributed by atoms with Crippen molar-refractivity contribution in [1.82, 2.24) is 14.3 Å². The quantitative estimate of drug-likeness (QED) is 0.412. The lowest BCUT2D eigenvalue weighted by Gasteiger charge is -2.14. The van der Waals surface area contributed by atoms with E-state index in [0.717, 1.165) is 17.5 Å². The van der Waals surface area contributed by atoms with Gasteiger partial charge in [-0.3, -0.25) is 10.1 Å². The molecule has 0 bridgehead atoms. The molecule has 3 aromatic rings. The number of fused-ring (bicyclic) bond motifs is 1. The number of aromatic nitrogens is 2. The van der Waals surface area contributed by atoms with Gasteiger partial charge in [0, 0.05) is 31.4 Å². The minimum Gasteiger partial charge on any atom is -0.495 e. The average molecular weight is 475 g/mol. The maximum atomic E-state index is 13.1. The largest absolute Gasteiger partial charge is 0.495 e. The Hall–Kier alpha value is -2.95. The number of hydrogen-bond donors (Lipinski definition) is 2. The number of anilines is 1. The molecule has 2 N–H and O–H groups in total. The van der Waals surface area contributed by atoms with Crippen LogP contribution in [-0.2, 0) is 21.3 Å². The lowest BCUT2D eigenvalue weighted by molar-refractivity contribution is 0.102. The van der Waals surface area contributed by atoms with E-state index in [1.807, 2.05) is 35.8 Å². The Kier molecular flexibility index (Phi) is 8.06. The number of amides is 1. The molecule has 0 saturated carbocycles. The number of rotatable bonds is 11. The highest BCUT2D eigenvalue weighted by Crippen LogP contribution is 2.26. The highest BCUT2D eigenvalue weighted by atomic mass is 32.2. The molecule has 1 aromatic heterocycles. The summed E-state index contributed by atoms with van der Waals surface area (Å²) in [5, 5.41) is 2.83. The number of carbonyl (C=O) groups excluding carboxylic acids is 1. The third kappa shape index (κ3) is 5.89. The number of aryl methyl sites for hydroxylation is 1. The molecule has 0 aliphatic rings. The number of nitrogens with zero attached hydrogens (tertiary/aromatic N) is 2. The Morgan fingerprint density at radius 2 is 1.94 bits per heavy atom. The van der Waals surface area contributed by atoms with Crippen LogP contribution in [0.25, 0.3) is 11.0 Å². The molecule has 3 rings (SSSR count). The van der Waals surface area contributed by atoms with Gasteiger partial charge in [-0.15, -0.1) is 0 Å². The van der Waals surface area contributed by atoms with E-state index < -0.39 is 15.9 Å². The van der Waals surface area contributed by atoms with E-state index in [0.29, 0.717) is 25.7 Å². The van der Waals surface area contributed by atoms with Crippen molar-refractivity contribution in [3.05, 3.63) is 48.0 Å². The number of para-hydroxylation sites is 2. The predicted octanol–water partition coefficient (Wildman–Crippen LogP) is 3.41. The third-order valence-electron chi connectivity index (χ3n) is 4.86. The molecule has 0 spiro atoms. The topological polar surface area (TPSA) is 112 Å². The zero-order chi connectivity index (χ0) is 24.0. The monoisotopic (exact) mass is 474 g/mol. The van der Waals surface area contributed by atoms with Crippen LogP contribution in [0.5, 0.6) is 5.75 Å². The van der Waals surface area contributed by atoms with Gasteiger partial charge in [0.05, 0.1) is 18.1 Å². The highest BCUT2D eigenvalue weighted by Gasteiger charge is 2.23. The first kappa shape index (κ1) is 24.7. The van der Waals surface area contributed by atoms with E-state index in [-0.39, 0.29) is 22.3 Å². The van der Waals surface area contributed by atoms with Crippen molar-refractivity contribution in [2.45, 2.75) is 44.7 Å². The van der Waals surface area contributed by atoms with Gasteiger partial charge in [-0.2, -0.15) is 0 Å². The molecule has 0 unspecified atom stereocenters. The van der Waals surface area contributed by atoms with Crippen LogP contribution < -0.4 is 14.8 Å². The van der Waals surface area contributed by atoms with Gasteiger partial charge in [0.15, 0.2) is 0 Å². The average Bonchev–Trinajstić information content (AvgIpc) is 3.12. The van der Waals surface area contributed by atoms with E-state index >= 15 is 0 Å². The molecule has 0 aliphatic heterocycles. The lowest BCUT2D eigenvalue weighted by atomic mass is 10.2. The number of imidazole rings is 1. The first-order valence-electron chi connectivity index (χ1n) is 10.8. The number of sulfonamides is 1. The molecule has 0 fully saturated rings. The summed E-state index contributed by atoms with van der Waals surface area (Å²) in [5.74, 6) is 0.0705. The van der Waals surface area contributed by atoms with Gasteiger partial charge in [0.25, 0.3) is 5.91 Å². The van der Waals surface area contributed by atoms with Crippen LogP contribution in [0.2, 0.25) is 0 Å². The van der Waals surface area contributed by atoms with Gasteiger partial charge in [-0.25, -0.2) is 18.1 Å². The predicted molar refractivity (Wildman–Crippen MR) is 127 cm³/mol. The number of nitrogens with one attached hydrogen (secondary N) is 2. The van der Waals surface area contributed by atoms with Crippen LogP contribution in [0.3, 0.4) is 0 Å². The smallest absolute Gasteiger partial charge is 0.258 e. The van der Waals surface area contributed by atoms with Gasteiger partial charge in [-0.1, -0.05) is 12.1 Å². The molecule has 1 amide bonds. The summed E-state index contributed by atoms with van der Waals surface area (Å²) < 4.78 is 40.6. The van der Waals surface area contributed by atoms with Crippen molar-refractivity contribution in [3.63, 3.8) is 0 Å². The fourth-order valence-corrected chi connectivity index (χ4v) is 4.89. The van der Waals surface area contributed by atoms with E-state index in [1.165, 1.54) is 25.3 Å². The second-order valence-corrected chi connectivity index (χ2v) is 9.40. The summed E-state index contributed by atoms with van der Waals surface area (Å²) in [5.41, 5.74) is 1.82. The Labute approximate surface area is 194 Å². The molecule has 33 heavy (non-hydrogen) atoms. The van der Waals surface area contributed by atoms with E-state index in [1.54, 1.807) is 13.8 Å². The fourth-order valence-electron chi connectivity index (χ4n) is 3.44. The molecule has 0 radical (unpaired) electrons. The molecular formula is C23H30N4O5S. The minimum absolute atomic E-state index is 0.100. The van der Waals surface area contributed by atoms with E-state index in [9.17, 15) is 13.2 Å². The summed E-state index contributed by atoms with van der Waals surface area (Å²) in [7, 11) is -2.48. The van der Waals surface area contributed by atoms with Crippen LogP contribution in [0.15, 0.2) is 47.4 Å². The number of benzene rings is 2. The summed E-state index contributed by atoms with van der Waals surface area (Å²) in [6.07, 6.45) is 0.753. The maximum Gasteiger partial charge on any atom is 0.258 e.